The molecule has 1 atom stereocenters. The van der Waals surface area contributed by atoms with Gasteiger partial charge in [0, 0.05) is 20.0 Å². The van der Waals surface area contributed by atoms with Crippen molar-refractivity contribution in [2.45, 2.75) is 31.8 Å². The van der Waals surface area contributed by atoms with Crippen molar-refractivity contribution in [1.82, 2.24) is 20.1 Å². The van der Waals surface area contributed by atoms with Crippen molar-refractivity contribution in [3.8, 4) is 0 Å². The van der Waals surface area contributed by atoms with Crippen LogP contribution in [0, 0.1) is 11.8 Å². The standard InChI is InChI=1S/C14H24N4O3S2/c1-10(2)7-15-13(19)8-22-14-17-16-12(18(14)3)6-11-4-5-23(20,21)9-11/h10-11H,4-9H2,1-3H3,(H,15,19)/t11-/m0/s1. The van der Waals surface area contributed by atoms with E-state index in [0.717, 1.165) is 5.82 Å². The number of rotatable bonds is 7. The molecule has 130 valence electrons. The van der Waals surface area contributed by atoms with Crippen molar-refractivity contribution < 1.29 is 13.2 Å². The molecule has 0 unspecified atom stereocenters. The van der Waals surface area contributed by atoms with Gasteiger partial charge in [-0.25, -0.2) is 8.42 Å². The smallest absolute Gasteiger partial charge is 0.230 e. The molecule has 7 nitrogen and oxygen atoms in total. The van der Waals surface area contributed by atoms with Crippen molar-refractivity contribution in [3.05, 3.63) is 5.82 Å². The predicted octanol–water partition coefficient (Wildman–Crippen LogP) is 0.657. The van der Waals surface area contributed by atoms with Crippen LogP contribution in [0.5, 0.6) is 0 Å². The quantitative estimate of drug-likeness (QED) is 0.718. The fourth-order valence-corrected chi connectivity index (χ4v) is 5.06. The summed E-state index contributed by atoms with van der Waals surface area (Å²) in [6.45, 7) is 4.76. The Balaban J connectivity index is 1.86. The lowest BCUT2D eigenvalue weighted by atomic mass is 10.1. The Bertz CT molecular complexity index is 655. The highest BCUT2D eigenvalue weighted by atomic mass is 32.2. The van der Waals surface area contributed by atoms with Crippen molar-refractivity contribution in [2.75, 3.05) is 23.8 Å². The van der Waals surface area contributed by atoms with Gasteiger partial charge in [0.1, 0.15) is 5.82 Å². The van der Waals surface area contributed by atoms with Gasteiger partial charge < -0.3 is 9.88 Å². The summed E-state index contributed by atoms with van der Waals surface area (Å²) in [6.07, 6.45) is 1.30. The van der Waals surface area contributed by atoms with Crippen LogP contribution in [0.25, 0.3) is 0 Å². The molecule has 23 heavy (non-hydrogen) atoms. The maximum absolute atomic E-state index is 11.7. The number of carbonyl (C=O) groups is 1. The van der Waals surface area contributed by atoms with Gasteiger partial charge in [0.2, 0.25) is 5.91 Å². The lowest BCUT2D eigenvalue weighted by molar-refractivity contribution is -0.118. The normalized spacial score (nSPS) is 20.1. The van der Waals surface area contributed by atoms with Gasteiger partial charge in [0.15, 0.2) is 15.0 Å². The number of aromatic nitrogens is 3. The van der Waals surface area contributed by atoms with Crippen LogP contribution in [-0.4, -0.2) is 52.9 Å². The monoisotopic (exact) mass is 360 g/mol. The van der Waals surface area contributed by atoms with Crippen molar-refractivity contribution >= 4 is 27.5 Å². The Labute approximate surface area is 141 Å². The molecule has 2 rings (SSSR count). The van der Waals surface area contributed by atoms with Crippen LogP contribution in [0.2, 0.25) is 0 Å². The Kier molecular flexibility index (Phi) is 6.07. The van der Waals surface area contributed by atoms with E-state index >= 15 is 0 Å². The Hall–Kier alpha value is -1.09. The maximum atomic E-state index is 11.7. The van der Waals surface area contributed by atoms with E-state index < -0.39 is 9.84 Å². The predicted molar refractivity (Wildman–Crippen MR) is 90.0 cm³/mol. The highest BCUT2D eigenvalue weighted by Gasteiger charge is 2.29. The molecule has 0 bridgehead atoms. The van der Waals surface area contributed by atoms with E-state index in [1.54, 1.807) is 0 Å². The number of thioether (sulfide) groups is 1. The van der Waals surface area contributed by atoms with E-state index in [-0.39, 0.29) is 23.3 Å². The number of nitrogens with zero attached hydrogens (tertiary/aromatic N) is 3. The third kappa shape index (κ3) is 5.49. The first kappa shape index (κ1) is 18.3. The fraction of sp³-hybridized carbons (Fsp3) is 0.786. The van der Waals surface area contributed by atoms with Gasteiger partial charge in [-0.2, -0.15) is 0 Å². The van der Waals surface area contributed by atoms with Gasteiger partial charge in [-0.05, 0) is 18.3 Å². The molecule has 1 fully saturated rings. The number of sulfone groups is 1. The zero-order valence-corrected chi connectivity index (χ0v) is 15.4. The fourth-order valence-electron chi connectivity index (χ4n) is 2.44. The summed E-state index contributed by atoms with van der Waals surface area (Å²) >= 11 is 1.34. The van der Waals surface area contributed by atoms with Crippen LogP contribution < -0.4 is 5.32 Å². The Morgan fingerprint density at radius 3 is 2.78 bits per heavy atom. The van der Waals surface area contributed by atoms with Gasteiger partial charge in [0.25, 0.3) is 0 Å². The van der Waals surface area contributed by atoms with E-state index in [9.17, 15) is 13.2 Å². The first-order valence-electron chi connectivity index (χ1n) is 7.75. The Morgan fingerprint density at radius 1 is 1.43 bits per heavy atom. The summed E-state index contributed by atoms with van der Waals surface area (Å²) in [5.41, 5.74) is 0. The van der Waals surface area contributed by atoms with Gasteiger partial charge in [-0.3, -0.25) is 4.79 Å². The van der Waals surface area contributed by atoms with Crippen LogP contribution in [0.4, 0.5) is 0 Å². The van der Waals surface area contributed by atoms with Gasteiger partial charge in [-0.15, -0.1) is 10.2 Å². The summed E-state index contributed by atoms with van der Waals surface area (Å²) in [5.74, 6) is 2.11. The third-order valence-electron chi connectivity index (χ3n) is 3.76. The topological polar surface area (TPSA) is 94.0 Å². The second-order valence-corrected chi connectivity index (χ2v) is 9.59. The van der Waals surface area contributed by atoms with E-state index in [2.05, 4.69) is 15.5 Å². The van der Waals surface area contributed by atoms with Crippen LogP contribution in [0.3, 0.4) is 0 Å². The number of nitrogens with one attached hydrogen (secondary N) is 1. The van der Waals surface area contributed by atoms with Crippen molar-refractivity contribution in [2.24, 2.45) is 18.9 Å². The molecule has 0 aromatic carbocycles. The molecule has 9 heteroatoms. The molecule has 1 aliphatic rings. The Morgan fingerprint density at radius 2 is 2.17 bits per heavy atom. The minimum Gasteiger partial charge on any atom is -0.355 e. The minimum atomic E-state index is -2.87. The molecular formula is C14H24N4O3S2. The highest BCUT2D eigenvalue weighted by molar-refractivity contribution is 7.99. The van der Waals surface area contributed by atoms with Crippen LogP contribution >= 0.6 is 11.8 Å². The summed E-state index contributed by atoms with van der Waals surface area (Å²) in [5, 5.41) is 11.8. The summed E-state index contributed by atoms with van der Waals surface area (Å²) in [4.78, 5) is 11.7. The van der Waals surface area contributed by atoms with E-state index in [1.807, 2.05) is 25.5 Å². The molecule has 0 aliphatic carbocycles. The molecule has 2 heterocycles. The largest absolute Gasteiger partial charge is 0.355 e. The van der Waals surface area contributed by atoms with Crippen LogP contribution in [-0.2, 0) is 28.1 Å². The number of hydrogen-bond acceptors (Lipinski definition) is 6. The molecule has 0 radical (unpaired) electrons. The molecular weight excluding hydrogens is 336 g/mol. The third-order valence-corrected chi connectivity index (χ3v) is 6.62. The van der Waals surface area contributed by atoms with E-state index in [1.165, 1.54) is 11.8 Å². The lowest BCUT2D eigenvalue weighted by Gasteiger charge is -2.08. The molecule has 0 saturated carbocycles. The average Bonchev–Trinajstić information content (AvgIpc) is 2.98. The van der Waals surface area contributed by atoms with E-state index in [0.29, 0.717) is 36.2 Å². The van der Waals surface area contributed by atoms with Gasteiger partial charge >= 0.3 is 0 Å². The first-order valence-corrected chi connectivity index (χ1v) is 10.6. The zero-order valence-electron chi connectivity index (χ0n) is 13.8. The number of carbonyl (C=O) groups excluding carboxylic acids is 1. The second-order valence-electron chi connectivity index (χ2n) is 6.42. The van der Waals surface area contributed by atoms with Crippen molar-refractivity contribution in [1.29, 1.82) is 0 Å². The van der Waals surface area contributed by atoms with E-state index in [4.69, 9.17) is 0 Å². The number of amides is 1. The lowest BCUT2D eigenvalue weighted by Crippen LogP contribution is -2.28. The van der Waals surface area contributed by atoms with Gasteiger partial charge in [-0.1, -0.05) is 25.6 Å². The molecule has 1 N–H and O–H groups in total. The van der Waals surface area contributed by atoms with Crippen LogP contribution in [0.1, 0.15) is 26.1 Å². The minimum absolute atomic E-state index is 0.0184. The summed E-state index contributed by atoms with van der Waals surface area (Å²) in [6, 6.07) is 0. The second kappa shape index (κ2) is 7.65. The molecule has 1 amide bonds. The highest BCUT2D eigenvalue weighted by Crippen LogP contribution is 2.23. The first-order chi connectivity index (χ1) is 10.8. The number of hydrogen-bond donors (Lipinski definition) is 1. The van der Waals surface area contributed by atoms with Gasteiger partial charge in [0.05, 0.1) is 17.3 Å². The summed E-state index contributed by atoms with van der Waals surface area (Å²) < 4.78 is 24.9. The van der Waals surface area contributed by atoms with Crippen LogP contribution in [0.15, 0.2) is 5.16 Å². The molecule has 1 aromatic heterocycles. The average molecular weight is 361 g/mol. The molecule has 1 aliphatic heterocycles. The summed E-state index contributed by atoms with van der Waals surface area (Å²) in [7, 11) is -1.02. The zero-order chi connectivity index (χ0) is 17.0. The van der Waals surface area contributed by atoms with Crippen molar-refractivity contribution in [3.63, 3.8) is 0 Å². The molecule has 0 spiro atoms. The molecule has 1 aromatic rings. The molecule has 1 saturated heterocycles. The maximum Gasteiger partial charge on any atom is 0.230 e. The SMILES string of the molecule is CC(C)CNC(=O)CSc1nnc(C[C@@H]2CCS(=O)(=O)C2)n1C.